The number of alkyl halides is 3. The Hall–Kier alpha value is -6.07. The van der Waals surface area contributed by atoms with E-state index in [0.717, 1.165) is 33.9 Å². The van der Waals surface area contributed by atoms with E-state index in [1.165, 1.54) is 19.2 Å². The third-order valence-corrected chi connectivity index (χ3v) is 10.1. The third-order valence-electron chi connectivity index (χ3n) is 9.79. The maximum Gasteiger partial charge on any atom is 0.417 e. The second kappa shape index (κ2) is 17.6. The average Bonchev–Trinajstić information content (AvgIpc) is 3.21. The number of halogens is 5. The first kappa shape index (κ1) is 41.6. The van der Waals surface area contributed by atoms with Crippen LogP contribution >= 0.6 is 24.0 Å². The van der Waals surface area contributed by atoms with Gasteiger partial charge >= 0.3 is 12.1 Å². The number of hydrogen-bond acceptors (Lipinski definition) is 8. The van der Waals surface area contributed by atoms with Crippen LogP contribution in [0.1, 0.15) is 45.0 Å². The summed E-state index contributed by atoms with van der Waals surface area (Å²) in [5.74, 6) is -0.545. The molecule has 0 aliphatic carbocycles. The van der Waals surface area contributed by atoms with E-state index >= 15 is 0 Å². The van der Waals surface area contributed by atoms with E-state index in [0.29, 0.717) is 34.9 Å². The molecule has 0 bridgehead atoms. The third kappa shape index (κ3) is 9.37. The van der Waals surface area contributed by atoms with E-state index in [1.54, 1.807) is 42.5 Å². The molecule has 0 saturated carbocycles. The van der Waals surface area contributed by atoms with Crippen LogP contribution in [0.3, 0.4) is 0 Å². The van der Waals surface area contributed by atoms with Gasteiger partial charge in [-0.15, -0.1) is 12.4 Å². The van der Waals surface area contributed by atoms with Crippen LogP contribution in [0.2, 0.25) is 5.02 Å². The minimum Gasteiger partial charge on any atom is -0.489 e. The molecule has 0 radical (unpaired) electrons. The monoisotopic (exact) mass is 830 g/mol. The molecular weight excluding hydrogens is 796 g/mol. The van der Waals surface area contributed by atoms with Crippen LogP contribution in [0.15, 0.2) is 103 Å². The number of fused-ring (bicyclic) bond motifs is 2. The zero-order chi connectivity index (χ0) is 40.3. The Kier molecular flexibility index (Phi) is 12.6. The van der Waals surface area contributed by atoms with Gasteiger partial charge in [0.15, 0.2) is 0 Å². The van der Waals surface area contributed by atoms with Crippen molar-refractivity contribution in [3.63, 3.8) is 0 Å². The fourth-order valence-electron chi connectivity index (χ4n) is 6.72. The molecule has 3 atom stereocenters. The zero-order valence-electron chi connectivity index (χ0n) is 30.7. The highest BCUT2D eigenvalue weighted by Gasteiger charge is 2.35. The summed E-state index contributed by atoms with van der Waals surface area (Å²) in [6.45, 7) is 0.199. The minimum atomic E-state index is -4.59. The minimum absolute atomic E-state index is 0. The van der Waals surface area contributed by atoms with Gasteiger partial charge in [-0.3, -0.25) is 9.59 Å². The van der Waals surface area contributed by atoms with Crippen molar-refractivity contribution in [3.05, 3.63) is 147 Å². The molecule has 2 unspecified atom stereocenters. The molecule has 0 aromatic heterocycles. The fourth-order valence-corrected chi connectivity index (χ4v) is 6.95. The Balaban J connectivity index is 0.00000567. The van der Waals surface area contributed by atoms with Crippen LogP contribution in [-0.2, 0) is 51.3 Å². The number of carbonyl (C=O) groups is 3. The van der Waals surface area contributed by atoms with Crippen molar-refractivity contribution in [2.45, 2.75) is 50.4 Å². The summed E-state index contributed by atoms with van der Waals surface area (Å²) < 4.78 is 56.6. The number of benzene rings is 5. The molecule has 298 valence electrons. The number of esters is 1. The lowest BCUT2D eigenvalue weighted by Crippen LogP contribution is -2.53. The molecule has 0 fully saturated rings. The fraction of sp³-hybridized carbons (Fsp3) is 0.209. The van der Waals surface area contributed by atoms with Gasteiger partial charge < -0.3 is 30.2 Å². The van der Waals surface area contributed by atoms with Gasteiger partial charge in [-0.2, -0.15) is 18.4 Å². The predicted molar refractivity (Wildman–Crippen MR) is 211 cm³/mol. The van der Waals surface area contributed by atoms with Crippen molar-refractivity contribution in [3.8, 4) is 28.7 Å². The van der Waals surface area contributed by atoms with Crippen molar-refractivity contribution >= 4 is 47.5 Å². The van der Waals surface area contributed by atoms with Crippen molar-refractivity contribution < 1.29 is 41.8 Å². The number of rotatable bonds is 10. The van der Waals surface area contributed by atoms with Crippen LogP contribution in [0.5, 0.6) is 11.5 Å². The molecule has 10 nitrogen and oxygen atoms in total. The van der Waals surface area contributed by atoms with E-state index in [4.69, 9.17) is 31.1 Å². The Bertz CT molecular complexity index is 2370. The number of anilines is 1. The van der Waals surface area contributed by atoms with Crippen LogP contribution in [0.4, 0.5) is 18.9 Å². The van der Waals surface area contributed by atoms with Crippen LogP contribution in [0.25, 0.3) is 11.1 Å². The number of methoxy groups -OCH3 is 1. The summed E-state index contributed by atoms with van der Waals surface area (Å²) in [4.78, 5) is 39.5. The van der Waals surface area contributed by atoms with Crippen LogP contribution in [0, 0.1) is 11.3 Å². The lowest BCUT2D eigenvalue weighted by atomic mass is 9.93. The largest absolute Gasteiger partial charge is 0.489 e. The normalized spacial score (nSPS) is 16.2. The second-order valence-electron chi connectivity index (χ2n) is 13.6. The van der Waals surface area contributed by atoms with Gasteiger partial charge in [0, 0.05) is 18.5 Å². The first-order valence-corrected chi connectivity index (χ1v) is 18.2. The van der Waals surface area contributed by atoms with Gasteiger partial charge in [0.2, 0.25) is 12.0 Å². The zero-order valence-corrected chi connectivity index (χ0v) is 32.3. The molecule has 2 aliphatic rings. The molecule has 15 heteroatoms. The first-order valence-electron chi connectivity index (χ1n) is 17.8. The second-order valence-corrected chi connectivity index (χ2v) is 14.0. The van der Waals surface area contributed by atoms with Crippen LogP contribution < -0.4 is 25.4 Å². The predicted octanol–water partition coefficient (Wildman–Crippen LogP) is 7.89. The molecule has 0 saturated heterocycles. The molecule has 2 aliphatic heterocycles. The van der Waals surface area contributed by atoms with Gasteiger partial charge in [0.05, 0.1) is 41.1 Å². The van der Waals surface area contributed by atoms with Crippen molar-refractivity contribution in [2.24, 2.45) is 0 Å². The molecule has 3 N–H and O–H groups in total. The number of amides is 2. The molecule has 58 heavy (non-hydrogen) atoms. The van der Waals surface area contributed by atoms with Gasteiger partial charge in [-0.25, -0.2) is 4.79 Å². The molecule has 2 amide bonds. The van der Waals surface area contributed by atoms with Gasteiger partial charge in [0.25, 0.3) is 5.91 Å². The van der Waals surface area contributed by atoms with Crippen molar-refractivity contribution in [2.75, 3.05) is 12.4 Å². The number of hydrogen-bond donors (Lipinski definition) is 3. The Morgan fingerprint density at radius 2 is 1.62 bits per heavy atom. The standard InChI is InChI=1S/C43H34ClF3N4O6.ClH/c1-55-42(54)37(17-24-2-7-27(8-3-24)28-9-4-25(21-48)5-10-28)51-40(52)36-19-30-18-35-38(20-31(30)22-49-36)57-39(41(53)50-35)29-11-13-32(14-12-29)56-23-26-6-15-34(44)33(16-26)43(45,46)47;/h2-16,18,20,36-37,39,49H,17,19,22-23H2,1H3,(H,50,53)(H,51,52);1H/t36?,37-,39?;/m0./s1. The quantitative estimate of drug-likeness (QED) is 0.121. The molecule has 2 heterocycles. The summed E-state index contributed by atoms with van der Waals surface area (Å²) in [7, 11) is 1.27. The maximum absolute atomic E-state index is 13.5. The smallest absolute Gasteiger partial charge is 0.417 e. The highest BCUT2D eigenvalue weighted by Crippen LogP contribution is 2.39. The number of nitriles is 1. The Labute approximate surface area is 342 Å². The van der Waals surface area contributed by atoms with Gasteiger partial charge in [-0.05, 0) is 88.3 Å². The summed E-state index contributed by atoms with van der Waals surface area (Å²) in [5.41, 5.74) is 5.30. The van der Waals surface area contributed by atoms with Crippen molar-refractivity contribution in [1.82, 2.24) is 10.6 Å². The molecule has 5 aromatic carbocycles. The summed E-state index contributed by atoms with van der Waals surface area (Å²) in [6, 6.07) is 29.0. The highest BCUT2D eigenvalue weighted by molar-refractivity contribution is 6.31. The van der Waals surface area contributed by atoms with E-state index in [2.05, 4.69) is 22.0 Å². The van der Waals surface area contributed by atoms with Crippen molar-refractivity contribution in [1.29, 1.82) is 5.26 Å². The van der Waals surface area contributed by atoms with E-state index in [1.807, 2.05) is 42.5 Å². The lowest BCUT2D eigenvalue weighted by molar-refractivity contribution is -0.145. The van der Waals surface area contributed by atoms with E-state index < -0.39 is 46.8 Å². The lowest BCUT2D eigenvalue weighted by Gasteiger charge is -2.31. The summed E-state index contributed by atoms with van der Waals surface area (Å²) in [6.07, 6.45) is -5.08. The SMILES string of the molecule is COC(=O)[C@H](Cc1ccc(-c2ccc(C#N)cc2)cc1)NC(=O)C1Cc2cc3c(cc2CN1)OC(c1ccc(OCc2ccc(Cl)c(C(F)(F)F)c2)cc1)C(=O)N3.Cl. The molecular formula is C43H35Cl2F3N4O6. The number of ether oxygens (including phenoxy) is 3. The summed E-state index contributed by atoms with van der Waals surface area (Å²) >= 11 is 5.71. The number of nitrogens with zero attached hydrogens (tertiary/aromatic N) is 1. The molecule has 7 rings (SSSR count). The Morgan fingerprint density at radius 1 is 0.948 bits per heavy atom. The van der Waals surface area contributed by atoms with E-state index in [9.17, 15) is 27.6 Å². The molecule has 0 spiro atoms. The number of nitrogens with one attached hydrogen (secondary N) is 3. The van der Waals surface area contributed by atoms with Crippen LogP contribution in [-0.4, -0.2) is 37.0 Å². The average molecular weight is 832 g/mol. The first-order chi connectivity index (χ1) is 27.4. The molecule has 5 aromatic rings. The van der Waals surface area contributed by atoms with E-state index in [-0.39, 0.29) is 43.3 Å². The van der Waals surface area contributed by atoms with Gasteiger partial charge in [-0.1, -0.05) is 66.2 Å². The number of carbonyl (C=O) groups excluding carboxylic acids is 3. The summed E-state index contributed by atoms with van der Waals surface area (Å²) in [5, 5.41) is 17.6. The topological polar surface area (TPSA) is 139 Å². The highest BCUT2D eigenvalue weighted by atomic mass is 35.5. The maximum atomic E-state index is 13.5. The Morgan fingerprint density at radius 3 is 2.28 bits per heavy atom. The van der Waals surface area contributed by atoms with Gasteiger partial charge in [0.1, 0.15) is 24.1 Å².